The summed E-state index contributed by atoms with van der Waals surface area (Å²) >= 11 is 0. The van der Waals surface area contributed by atoms with E-state index in [0.29, 0.717) is 11.8 Å². The smallest absolute Gasteiger partial charge is 0.0490 e. The van der Waals surface area contributed by atoms with Crippen LogP contribution in [0.5, 0.6) is 0 Å². The zero-order chi connectivity index (χ0) is 9.68. The number of azide groups is 1. The molecular formula is C9H17N3O. The first kappa shape index (κ1) is 10.4. The third-order valence-electron chi connectivity index (χ3n) is 2.83. The average Bonchev–Trinajstić information content (AvgIpc) is 2.10. The van der Waals surface area contributed by atoms with E-state index in [1.807, 2.05) is 0 Å². The molecule has 0 aromatic carbocycles. The van der Waals surface area contributed by atoms with Gasteiger partial charge in [0.25, 0.3) is 0 Å². The third-order valence-corrected chi connectivity index (χ3v) is 2.83. The van der Waals surface area contributed by atoms with E-state index in [0.717, 1.165) is 25.9 Å². The summed E-state index contributed by atoms with van der Waals surface area (Å²) in [5, 5.41) is 3.80. The number of hydrogen-bond acceptors (Lipinski definition) is 2. The van der Waals surface area contributed by atoms with Crippen LogP contribution >= 0.6 is 0 Å². The fraction of sp³-hybridized carbons (Fsp3) is 1.00. The minimum absolute atomic E-state index is 0.207. The molecule has 0 amide bonds. The normalized spacial score (nSPS) is 33.8. The molecule has 0 aromatic rings. The molecule has 1 unspecified atom stereocenters. The molecule has 4 nitrogen and oxygen atoms in total. The van der Waals surface area contributed by atoms with Gasteiger partial charge < -0.3 is 4.74 Å². The number of ether oxygens (including phenoxy) is 1. The standard InChI is InChI=1S/C9H17N3O/c1-7-5-8(6-13-2)3-4-9(7)11-12-10/h7-9H,3-6H2,1-2H3/t7-,8+,9?/m1/s1. The Balaban J connectivity index is 2.41. The summed E-state index contributed by atoms with van der Waals surface area (Å²) < 4.78 is 5.12. The molecule has 1 saturated carbocycles. The van der Waals surface area contributed by atoms with Crippen LogP contribution in [0, 0.1) is 11.8 Å². The van der Waals surface area contributed by atoms with Gasteiger partial charge in [0.05, 0.1) is 0 Å². The van der Waals surface area contributed by atoms with Crippen LogP contribution in [0.1, 0.15) is 26.2 Å². The maximum Gasteiger partial charge on any atom is 0.0490 e. The quantitative estimate of drug-likeness (QED) is 0.377. The van der Waals surface area contributed by atoms with Gasteiger partial charge in [-0.05, 0) is 36.6 Å². The predicted octanol–water partition coefficient (Wildman–Crippen LogP) is 2.75. The van der Waals surface area contributed by atoms with Crippen molar-refractivity contribution in [3.63, 3.8) is 0 Å². The average molecular weight is 183 g/mol. The molecule has 0 heterocycles. The van der Waals surface area contributed by atoms with Gasteiger partial charge in [0.2, 0.25) is 0 Å². The molecule has 0 aliphatic heterocycles. The molecule has 1 aliphatic rings. The van der Waals surface area contributed by atoms with Crippen LogP contribution < -0.4 is 0 Å². The van der Waals surface area contributed by atoms with Crippen molar-refractivity contribution in [1.82, 2.24) is 0 Å². The van der Waals surface area contributed by atoms with Crippen LogP contribution in [0.4, 0.5) is 0 Å². The van der Waals surface area contributed by atoms with E-state index in [2.05, 4.69) is 16.9 Å². The van der Waals surface area contributed by atoms with Crippen molar-refractivity contribution >= 4 is 0 Å². The summed E-state index contributed by atoms with van der Waals surface area (Å²) in [4.78, 5) is 2.87. The van der Waals surface area contributed by atoms with E-state index in [4.69, 9.17) is 10.3 Å². The molecule has 1 fully saturated rings. The van der Waals surface area contributed by atoms with Gasteiger partial charge in [0.15, 0.2) is 0 Å². The Morgan fingerprint density at radius 3 is 2.85 bits per heavy atom. The molecule has 0 spiro atoms. The van der Waals surface area contributed by atoms with Crippen LogP contribution in [0.3, 0.4) is 0 Å². The molecule has 0 saturated heterocycles. The summed E-state index contributed by atoms with van der Waals surface area (Å²) in [6, 6.07) is 0.207. The zero-order valence-electron chi connectivity index (χ0n) is 8.31. The van der Waals surface area contributed by atoms with E-state index >= 15 is 0 Å². The summed E-state index contributed by atoms with van der Waals surface area (Å²) in [5.41, 5.74) is 8.34. The van der Waals surface area contributed by atoms with Crippen LogP contribution in [0.15, 0.2) is 5.11 Å². The van der Waals surface area contributed by atoms with E-state index in [1.54, 1.807) is 7.11 Å². The van der Waals surface area contributed by atoms with Gasteiger partial charge in [-0.2, -0.15) is 0 Å². The van der Waals surface area contributed by atoms with Crippen molar-refractivity contribution in [2.75, 3.05) is 13.7 Å². The van der Waals surface area contributed by atoms with Gasteiger partial charge >= 0.3 is 0 Å². The molecule has 0 bridgehead atoms. The number of hydrogen-bond donors (Lipinski definition) is 0. The Labute approximate surface area is 78.9 Å². The second-order valence-corrected chi connectivity index (χ2v) is 3.88. The summed E-state index contributed by atoms with van der Waals surface area (Å²) in [6.07, 6.45) is 3.26. The summed E-state index contributed by atoms with van der Waals surface area (Å²) in [6.45, 7) is 2.99. The second kappa shape index (κ2) is 5.10. The van der Waals surface area contributed by atoms with Gasteiger partial charge in [-0.15, -0.1) is 0 Å². The largest absolute Gasteiger partial charge is 0.384 e. The fourth-order valence-electron chi connectivity index (χ4n) is 2.12. The summed E-state index contributed by atoms with van der Waals surface area (Å²) in [7, 11) is 1.74. The van der Waals surface area contributed by atoms with E-state index in [1.165, 1.54) is 0 Å². The highest BCUT2D eigenvalue weighted by Gasteiger charge is 2.26. The molecule has 1 rings (SSSR count). The van der Waals surface area contributed by atoms with E-state index in [-0.39, 0.29) is 6.04 Å². The van der Waals surface area contributed by atoms with Crippen LogP contribution in [-0.2, 0) is 4.74 Å². The summed E-state index contributed by atoms with van der Waals surface area (Å²) in [5.74, 6) is 1.16. The third kappa shape index (κ3) is 2.90. The first-order chi connectivity index (χ1) is 6.27. The molecule has 13 heavy (non-hydrogen) atoms. The van der Waals surface area contributed by atoms with Crippen LogP contribution in [0.2, 0.25) is 0 Å². The SMILES string of the molecule is COC[C@H]1CCC(N=[N+]=[N-])[C@H](C)C1. The fourth-order valence-corrected chi connectivity index (χ4v) is 2.12. The van der Waals surface area contributed by atoms with Crippen molar-refractivity contribution < 1.29 is 4.74 Å². The maximum atomic E-state index is 8.34. The van der Waals surface area contributed by atoms with Gasteiger partial charge in [-0.3, -0.25) is 0 Å². The van der Waals surface area contributed by atoms with Crippen molar-refractivity contribution in [1.29, 1.82) is 0 Å². The van der Waals surface area contributed by atoms with Crippen molar-refractivity contribution in [3.8, 4) is 0 Å². The molecule has 0 aromatic heterocycles. The monoisotopic (exact) mass is 183 g/mol. The lowest BCUT2D eigenvalue weighted by molar-refractivity contribution is 0.111. The van der Waals surface area contributed by atoms with E-state index in [9.17, 15) is 0 Å². The number of nitrogens with zero attached hydrogens (tertiary/aromatic N) is 3. The molecular weight excluding hydrogens is 166 g/mol. The number of rotatable bonds is 3. The number of methoxy groups -OCH3 is 1. The Morgan fingerprint density at radius 1 is 1.54 bits per heavy atom. The van der Waals surface area contributed by atoms with Crippen molar-refractivity contribution in [3.05, 3.63) is 10.4 Å². The molecule has 1 aliphatic carbocycles. The molecule has 74 valence electrons. The first-order valence-electron chi connectivity index (χ1n) is 4.81. The molecule has 0 N–H and O–H groups in total. The molecule has 4 heteroatoms. The van der Waals surface area contributed by atoms with Crippen molar-refractivity contribution in [2.24, 2.45) is 17.0 Å². The van der Waals surface area contributed by atoms with Crippen molar-refractivity contribution in [2.45, 2.75) is 32.2 Å². The lowest BCUT2D eigenvalue weighted by atomic mass is 9.80. The Morgan fingerprint density at radius 2 is 2.31 bits per heavy atom. The van der Waals surface area contributed by atoms with Crippen LogP contribution in [0.25, 0.3) is 10.4 Å². The van der Waals surface area contributed by atoms with E-state index < -0.39 is 0 Å². The lowest BCUT2D eigenvalue weighted by Crippen LogP contribution is -2.27. The van der Waals surface area contributed by atoms with Gasteiger partial charge in [-0.25, -0.2) is 0 Å². The topological polar surface area (TPSA) is 58.0 Å². The first-order valence-corrected chi connectivity index (χ1v) is 4.81. The highest BCUT2D eigenvalue weighted by Crippen LogP contribution is 2.31. The molecule has 0 radical (unpaired) electrons. The van der Waals surface area contributed by atoms with Crippen LogP contribution in [-0.4, -0.2) is 19.8 Å². The Bertz CT molecular complexity index is 201. The highest BCUT2D eigenvalue weighted by molar-refractivity contribution is 4.82. The minimum atomic E-state index is 0.207. The molecule has 3 atom stereocenters. The Kier molecular flexibility index (Phi) is 4.06. The zero-order valence-corrected chi connectivity index (χ0v) is 8.31. The van der Waals surface area contributed by atoms with Gasteiger partial charge in [0.1, 0.15) is 0 Å². The Hall–Kier alpha value is -0.730. The van der Waals surface area contributed by atoms with Gasteiger partial charge in [-0.1, -0.05) is 12.0 Å². The maximum absolute atomic E-state index is 8.34. The van der Waals surface area contributed by atoms with Gasteiger partial charge in [0, 0.05) is 24.7 Å². The minimum Gasteiger partial charge on any atom is -0.384 e. The second-order valence-electron chi connectivity index (χ2n) is 3.88. The highest BCUT2D eigenvalue weighted by atomic mass is 16.5. The predicted molar refractivity (Wildman–Crippen MR) is 51.3 cm³/mol. The lowest BCUT2D eigenvalue weighted by Gasteiger charge is -2.30.